The predicted molar refractivity (Wildman–Crippen MR) is 93.7 cm³/mol. The standard InChI is InChI=1S/C20H15N3O2/c1-2-8-15(9-3-1)19-22-23-20(25-19)17-11-4-5-12-18(17)24-14-16-10-6-7-13-21-16/h1-13H,14H2. The lowest BCUT2D eigenvalue weighted by molar-refractivity contribution is 0.302. The Morgan fingerprint density at radius 2 is 1.52 bits per heavy atom. The first-order chi connectivity index (χ1) is 12.4. The van der Waals surface area contributed by atoms with E-state index in [2.05, 4.69) is 15.2 Å². The Bertz CT molecular complexity index is 953. The molecule has 0 N–H and O–H groups in total. The topological polar surface area (TPSA) is 61.0 Å². The highest BCUT2D eigenvalue weighted by atomic mass is 16.5. The van der Waals surface area contributed by atoms with Gasteiger partial charge in [-0.15, -0.1) is 10.2 Å². The molecule has 0 aliphatic rings. The molecule has 5 heteroatoms. The average molecular weight is 329 g/mol. The van der Waals surface area contributed by atoms with Gasteiger partial charge in [-0.25, -0.2) is 0 Å². The lowest BCUT2D eigenvalue weighted by Crippen LogP contribution is -1.98. The molecular formula is C20H15N3O2. The van der Waals surface area contributed by atoms with Gasteiger partial charge < -0.3 is 9.15 Å². The number of rotatable bonds is 5. The van der Waals surface area contributed by atoms with Gasteiger partial charge in [-0.2, -0.15) is 0 Å². The minimum absolute atomic E-state index is 0.373. The molecule has 5 nitrogen and oxygen atoms in total. The van der Waals surface area contributed by atoms with E-state index in [1.165, 1.54) is 0 Å². The molecule has 0 bridgehead atoms. The van der Waals surface area contributed by atoms with Gasteiger partial charge in [-0.05, 0) is 36.4 Å². The number of ether oxygens (including phenoxy) is 1. The summed E-state index contributed by atoms with van der Waals surface area (Å²) in [5, 5.41) is 8.30. The monoisotopic (exact) mass is 329 g/mol. The van der Waals surface area contributed by atoms with Gasteiger partial charge in [0.25, 0.3) is 5.89 Å². The van der Waals surface area contributed by atoms with Crippen LogP contribution in [0.1, 0.15) is 5.69 Å². The fourth-order valence-electron chi connectivity index (χ4n) is 2.43. The molecule has 25 heavy (non-hydrogen) atoms. The van der Waals surface area contributed by atoms with E-state index in [1.807, 2.05) is 72.8 Å². The van der Waals surface area contributed by atoms with Crippen molar-refractivity contribution in [3.05, 3.63) is 84.7 Å². The second kappa shape index (κ2) is 6.97. The van der Waals surface area contributed by atoms with Crippen LogP contribution < -0.4 is 4.74 Å². The normalized spacial score (nSPS) is 10.6. The molecule has 2 heterocycles. The molecule has 0 atom stereocenters. The zero-order valence-electron chi connectivity index (χ0n) is 13.4. The Morgan fingerprint density at radius 1 is 0.760 bits per heavy atom. The second-order valence-corrected chi connectivity index (χ2v) is 5.38. The first-order valence-electron chi connectivity index (χ1n) is 7.91. The maximum atomic E-state index is 5.90. The fourth-order valence-corrected chi connectivity index (χ4v) is 2.43. The van der Waals surface area contributed by atoms with E-state index in [0.29, 0.717) is 24.1 Å². The van der Waals surface area contributed by atoms with Crippen molar-refractivity contribution in [2.24, 2.45) is 0 Å². The summed E-state index contributed by atoms with van der Waals surface area (Å²) in [6.45, 7) is 0.373. The summed E-state index contributed by atoms with van der Waals surface area (Å²) >= 11 is 0. The maximum Gasteiger partial charge on any atom is 0.251 e. The molecule has 0 spiro atoms. The Balaban J connectivity index is 1.60. The smallest absolute Gasteiger partial charge is 0.251 e. The summed E-state index contributed by atoms with van der Waals surface area (Å²) in [7, 11) is 0. The highest BCUT2D eigenvalue weighted by Crippen LogP contribution is 2.31. The number of aromatic nitrogens is 3. The van der Waals surface area contributed by atoms with Crippen LogP contribution in [0.25, 0.3) is 22.9 Å². The third kappa shape index (κ3) is 3.40. The molecule has 0 saturated heterocycles. The first kappa shape index (κ1) is 15.1. The van der Waals surface area contributed by atoms with Crippen molar-refractivity contribution in [2.45, 2.75) is 6.61 Å². The van der Waals surface area contributed by atoms with Crippen LogP contribution in [0.4, 0.5) is 0 Å². The minimum atomic E-state index is 0.373. The average Bonchev–Trinajstić information content (AvgIpc) is 3.18. The van der Waals surface area contributed by atoms with Crippen molar-refractivity contribution in [1.82, 2.24) is 15.2 Å². The quantitative estimate of drug-likeness (QED) is 0.544. The highest BCUT2D eigenvalue weighted by molar-refractivity contribution is 5.64. The molecule has 0 amide bonds. The number of pyridine rings is 1. The Labute approximate surface area is 145 Å². The van der Waals surface area contributed by atoms with Crippen LogP contribution in [-0.4, -0.2) is 15.2 Å². The summed E-state index contributed by atoms with van der Waals surface area (Å²) in [6.07, 6.45) is 1.74. The van der Waals surface area contributed by atoms with Gasteiger partial charge in [0.15, 0.2) is 0 Å². The van der Waals surface area contributed by atoms with Gasteiger partial charge >= 0.3 is 0 Å². The van der Waals surface area contributed by atoms with Gasteiger partial charge in [0.05, 0.1) is 11.3 Å². The van der Waals surface area contributed by atoms with E-state index >= 15 is 0 Å². The van der Waals surface area contributed by atoms with Crippen LogP contribution >= 0.6 is 0 Å². The van der Waals surface area contributed by atoms with Crippen LogP contribution in [0.5, 0.6) is 5.75 Å². The first-order valence-corrected chi connectivity index (χ1v) is 7.91. The SMILES string of the molecule is c1ccc(-c2nnc(-c3ccccc3OCc3ccccn3)o2)cc1. The minimum Gasteiger partial charge on any atom is -0.486 e. The van der Waals surface area contributed by atoms with Crippen LogP contribution in [0.15, 0.2) is 83.4 Å². The molecule has 4 aromatic rings. The predicted octanol–water partition coefficient (Wildman–Crippen LogP) is 4.38. The Kier molecular flexibility index (Phi) is 4.20. The zero-order chi connectivity index (χ0) is 16.9. The summed E-state index contributed by atoms with van der Waals surface area (Å²) in [5.41, 5.74) is 2.49. The van der Waals surface area contributed by atoms with Crippen molar-refractivity contribution in [1.29, 1.82) is 0 Å². The lowest BCUT2D eigenvalue weighted by Gasteiger charge is -2.08. The summed E-state index contributed by atoms with van der Waals surface area (Å²) in [4.78, 5) is 4.26. The summed E-state index contributed by atoms with van der Waals surface area (Å²) in [5.74, 6) is 1.59. The number of benzene rings is 2. The van der Waals surface area contributed by atoms with Gasteiger partial charge in [0.2, 0.25) is 5.89 Å². The molecule has 2 aromatic heterocycles. The van der Waals surface area contributed by atoms with E-state index < -0.39 is 0 Å². The molecule has 0 saturated carbocycles. The van der Waals surface area contributed by atoms with Crippen molar-refractivity contribution >= 4 is 0 Å². The van der Waals surface area contributed by atoms with Gasteiger partial charge in [-0.1, -0.05) is 36.4 Å². The molecular weight excluding hydrogens is 314 g/mol. The molecule has 2 aromatic carbocycles. The zero-order valence-corrected chi connectivity index (χ0v) is 13.4. The third-order valence-corrected chi connectivity index (χ3v) is 3.66. The second-order valence-electron chi connectivity index (χ2n) is 5.38. The molecule has 4 rings (SSSR count). The van der Waals surface area contributed by atoms with Gasteiger partial charge in [0.1, 0.15) is 12.4 Å². The van der Waals surface area contributed by atoms with E-state index in [-0.39, 0.29) is 0 Å². The summed E-state index contributed by atoms with van der Waals surface area (Å²) < 4.78 is 11.7. The molecule has 0 aliphatic heterocycles. The van der Waals surface area contributed by atoms with E-state index in [1.54, 1.807) is 6.20 Å². The van der Waals surface area contributed by atoms with Crippen LogP contribution in [0.2, 0.25) is 0 Å². The van der Waals surface area contributed by atoms with Crippen LogP contribution in [0.3, 0.4) is 0 Å². The largest absolute Gasteiger partial charge is 0.486 e. The third-order valence-electron chi connectivity index (χ3n) is 3.66. The van der Waals surface area contributed by atoms with Crippen molar-refractivity contribution in [2.75, 3.05) is 0 Å². The van der Waals surface area contributed by atoms with Crippen LogP contribution in [0, 0.1) is 0 Å². The van der Waals surface area contributed by atoms with E-state index in [0.717, 1.165) is 16.8 Å². The molecule has 122 valence electrons. The number of nitrogens with zero attached hydrogens (tertiary/aromatic N) is 3. The van der Waals surface area contributed by atoms with Crippen molar-refractivity contribution in [3.63, 3.8) is 0 Å². The maximum absolute atomic E-state index is 5.90. The van der Waals surface area contributed by atoms with E-state index in [4.69, 9.17) is 9.15 Å². The van der Waals surface area contributed by atoms with Gasteiger partial charge in [0, 0.05) is 11.8 Å². The Hall–Kier alpha value is -3.47. The van der Waals surface area contributed by atoms with Crippen molar-refractivity contribution < 1.29 is 9.15 Å². The number of hydrogen-bond acceptors (Lipinski definition) is 5. The number of hydrogen-bond donors (Lipinski definition) is 0. The summed E-state index contributed by atoms with van der Waals surface area (Å²) in [6, 6.07) is 23.0. The molecule has 0 fully saturated rings. The lowest BCUT2D eigenvalue weighted by atomic mass is 10.2. The fraction of sp³-hybridized carbons (Fsp3) is 0.0500. The Morgan fingerprint density at radius 3 is 2.36 bits per heavy atom. The van der Waals surface area contributed by atoms with E-state index in [9.17, 15) is 0 Å². The van der Waals surface area contributed by atoms with Crippen LogP contribution in [-0.2, 0) is 6.61 Å². The molecule has 0 radical (unpaired) electrons. The number of para-hydroxylation sites is 1. The molecule has 0 unspecified atom stereocenters. The molecule has 0 aliphatic carbocycles. The van der Waals surface area contributed by atoms with Gasteiger partial charge in [-0.3, -0.25) is 4.98 Å². The highest BCUT2D eigenvalue weighted by Gasteiger charge is 2.14. The van der Waals surface area contributed by atoms with Crippen molar-refractivity contribution in [3.8, 4) is 28.7 Å².